The lowest BCUT2D eigenvalue weighted by Gasteiger charge is -2.09. The molecule has 0 aromatic heterocycles. The number of ether oxygens (including phenoxy) is 3. The minimum absolute atomic E-state index is 0.367. The Bertz CT molecular complexity index is 1240. The van der Waals surface area contributed by atoms with Crippen molar-refractivity contribution in [1.82, 2.24) is 0 Å². The summed E-state index contributed by atoms with van der Waals surface area (Å²) in [6.45, 7) is 2.42. The molecule has 0 aliphatic rings. The van der Waals surface area contributed by atoms with E-state index in [0.29, 0.717) is 40.0 Å². The van der Waals surface area contributed by atoms with Crippen LogP contribution >= 0.6 is 11.6 Å². The van der Waals surface area contributed by atoms with Gasteiger partial charge in [0, 0.05) is 11.1 Å². The van der Waals surface area contributed by atoms with Crippen LogP contribution < -0.4 is 14.2 Å². The van der Waals surface area contributed by atoms with Crippen LogP contribution in [0.15, 0.2) is 72.8 Å². The summed E-state index contributed by atoms with van der Waals surface area (Å²) in [5, 5.41) is 10.1. The molecule has 0 fully saturated rings. The van der Waals surface area contributed by atoms with Gasteiger partial charge in [-0.05, 0) is 72.2 Å². The average Bonchev–Trinajstić information content (AvgIpc) is 2.82. The molecule has 3 aromatic rings. The molecule has 0 bridgehead atoms. The minimum atomic E-state index is -0.528. The van der Waals surface area contributed by atoms with Crippen LogP contribution in [0, 0.1) is 11.3 Å². The summed E-state index contributed by atoms with van der Waals surface area (Å²) >= 11 is 6.03. The van der Waals surface area contributed by atoms with E-state index in [4.69, 9.17) is 25.8 Å². The third kappa shape index (κ3) is 6.73. The van der Waals surface area contributed by atoms with E-state index in [1.54, 1.807) is 67.8 Å². The molecule has 0 aliphatic carbocycles. The van der Waals surface area contributed by atoms with E-state index in [1.807, 2.05) is 25.1 Å². The molecule has 33 heavy (non-hydrogen) atoms. The van der Waals surface area contributed by atoms with Crippen molar-refractivity contribution in [3.8, 4) is 23.3 Å². The van der Waals surface area contributed by atoms with Crippen LogP contribution in [0.5, 0.6) is 17.2 Å². The van der Waals surface area contributed by atoms with Crippen molar-refractivity contribution in [2.75, 3.05) is 13.7 Å². The Kier molecular flexibility index (Phi) is 8.29. The Morgan fingerprint density at radius 3 is 2.58 bits per heavy atom. The first-order valence-electron chi connectivity index (χ1n) is 10.2. The number of allylic oxidation sites excluding steroid dienone is 1. The molecule has 166 valence electrons. The highest BCUT2D eigenvalue weighted by atomic mass is 35.5. The fourth-order valence-electron chi connectivity index (χ4n) is 3.05. The topological polar surface area (TPSA) is 68.5 Å². The molecule has 0 heterocycles. The third-order valence-electron chi connectivity index (χ3n) is 4.54. The van der Waals surface area contributed by atoms with Gasteiger partial charge in [0.15, 0.2) is 11.5 Å². The summed E-state index contributed by atoms with van der Waals surface area (Å²) < 4.78 is 16.2. The van der Waals surface area contributed by atoms with Gasteiger partial charge in [-0.1, -0.05) is 41.9 Å². The Morgan fingerprint density at radius 1 is 1.03 bits per heavy atom. The van der Waals surface area contributed by atoms with Crippen molar-refractivity contribution in [3.05, 3.63) is 94.5 Å². The molecule has 0 aliphatic heterocycles. The lowest BCUT2D eigenvalue weighted by atomic mass is 10.0. The molecule has 3 aromatic carbocycles. The van der Waals surface area contributed by atoms with Gasteiger partial charge in [-0.25, -0.2) is 4.79 Å². The van der Waals surface area contributed by atoms with E-state index in [0.717, 1.165) is 11.1 Å². The number of rotatable bonds is 8. The summed E-state index contributed by atoms with van der Waals surface area (Å²) in [4.78, 5) is 12.3. The quantitative estimate of drug-likeness (QED) is 0.128. The summed E-state index contributed by atoms with van der Waals surface area (Å²) in [7, 11) is 1.56. The molecule has 0 unspecified atom stereocenters. The second-order valence-corrected chi connectivity index (χ2v) is 7.29. The Hall–Kier alpha value is -4.01. The number of halogens is 1. The van der Waals surface area contributed by atoms with Crippen LogP contribution in [0.1, 0.15) is 23.6 Å². The van der Waals surface area contributed by atoms with Gasteiger partial charge in [-0.2, -0.15) is 5.26 Å². The molecule has 6 heteroatoms. The van der Waals surface area contributed by atoms with Crippen molar-refractivity contribution >= 4 is 35.3 Å². The third-order valence-corrected chi connectivity index (χ3v) is 4.78. The van der Waals surface area contributed by atoms with Crippen molar-refractivity contribution in [3.63, 3.8) is 0 Å². The predicted molar refractivity (Wildman–Crippen MR) is 130 cm³/mol. The molecule has 0 atom stereocenters. The van der Waals surface area contributed by atoms with Gasteiger partial charge in [0.1, 0.15) is 5.75 Å². The van der Waals surface area contributed by atoms with E-state index in [-0.39, 0.29) is 0 Å². The van der Waals surface area contributed by atoms with Gasteiger partial charge < -0.3 is 14.2 Å². The molecule has 0 spiro atoms. The number of hydrogen-bond donors (Lipinski definition) is 0. The van der Waals surface area contributed by atoms with Crippen molar-refractivity contribution in [1.29, 1.82) is 5.26 Å². The van der Waals surface area contributed by atoms with Gasteiger partial charge in [0.25, 0.3) is 0 Å². The SMILES string of the molecule is CCOc1ccc(/C=C/C(=O)Oc2cccc(/C=C(/C#N)c3cccc(Cl)c3)c2)cc1OC. The van der Waals surface area contributed by atoms with Crippen LogP contribution in [0.2, 0.25) is 5.02 Å². The fraction of sp³-hybridized carbons (Fsp3) is 0.111. The van der Waals surface area contributed by atoms with Gasteiger partial charge >= 0.3 is 5.97 Å². The molecule has 0 amide bonds. The normalized spacial score (nSPS) is 11.2. The summed E-state index contributed by atoms with van der Waals surface area (Å²) in [5.41, 5.74) is 2.65. The number of nitrogens with zero attached hydrogens (tertiary/aromatic N) is 1. The first-order chi connectivity index (χ1) is 16.0. The van der Waals surface area contributed by atoms with Crippen molar-refractivity contribution in [2.24, 2.45) is 0 Å². The van der Waals surface area contributed by atoms with Gasteiger partial charge in [0.2, 0.25) is 0 Å². The summed E-state index contributed by atoms with van der Waals surface area (Å²) in [6.07, 6.45) is 4.69. The van der Waals surface area contributed by atoms with E-state index < -0.39 is 5.97 Å². The van der Waals surface area contributed by atoms with Crippen LogP contribution in [-0.2, 0) is 4.79 Å². The average molecular weight is 460 g/mol. The maximum Gasteiger partial charge on any atom is 0.336 e. The molecule has 0 N–H and O–H groups in total. The predicted octanol–water partition coefficient (Wildman–Crippen LogP) is 6.43. The number of benzene rings is 3. The number of esters is 1. The standard InChI is InChI=1S/C27H22ClNO4/c1-3-32-25-12-10-19(16-26(25)31-2)11-13-27(30)33-24-9-4-6-20(15-24)14-22(18-29)21-7-5-8-23(28)17-21/h4-17H,3H2,1-2H3/b13-11+,22-14-. The number of carbonyl (C=O) groups excluding carboxylic acids is 1. The number of methoxy groups -OCH3 is 1. The maximum atomic E-state index is 12.3. The zero-order chi connectivity index (χ0) is 23.6. The van der Waals surface area contributed by atoms with Crippen molar-refractivity contribution in [2.45, 2.75) is 6.92 Å². The Morgan fingerprint density at radius 2 is 1.85 bits per heavy atom. The lowest BCUT2D eigenvalue weighted by Crippen LogP contribution is -2.03. The zero-order valence-electron chi connectivity index (χ0n) is 18.2. The van der Waals surface area contributed by atoms with E-state index in [2.05, 4.69) is 6.07 Å². The van der Waals surface area contributed by atoms with E-state index in [1.165, 1.54) is 6.08 Å². The molecule has 0 saturated carbocycles. The van der Waals surface area contributed by atoms with Crippen LogP contribution in [0.4, 0.5) is 0 Å². The van der Waals surface area contributed by atoms with Crippen LogP contribution in [-0.4, -0.2) is 19.7 Å². The minimum Gasteiger partial charge on any atom is -0.493 e. The Balaban J connectivity index is 1.72. The summed E-state index contributed by atoms with van der Waals surface area (Å²) in [6, 6.07) is 21.6. The molecule has 0 radical (unpaired) electrons. The lowest BCUT2D eigenvalue weighted by molar-refractivity contribution is -0.128. The van der Waals surface area contributed by atoms with E-state index in [9.17, 15) is 10.1 Å². The zero-order valence-corrected chi connectivity index (χ0v) is 19.0. The van der Waals surface area contributed by atoms with Crippen LogP contribution in [0.3, 0.4) is 0 Å². The molecule has 0 saturated heterocycles. The fourth-order valence-corrected chi connectivity index (χ4v) is 3.24. The maximum absolute atomic E-state index is 12.3. The van der Waals surface area contributed by atoms with Crippen molar-refractivity contribution < 1.29 is 19.0 Å². The smallest absolute Gasteiger partial charge is 0.336 e. The molecule has 5 nitrogen and oxygen atoms in total. The first-order valence-corrected chi connectivity index (χ1v) is 10.6. The van der Waals surface area contributed by atoms with E-state index >= 15 is 0 Å². The number of carbonyl (C=O) groups is 1. The first kappa shape index (κ1) is 23.6. The monoisotopic (exact) mass is 459 g/mol. The second-order valence-electron chi connectivity index (χ2n) is 6.85. The highest BCUT2D eigenvalue weighted by Gasteiger charge is 2.06. The van der Waals surface area contributed by atoms with Gasteiger partial charge in [-0.15, -0.1) is 0 Å². The largest absolute Gasteiger partial charge is 0.493 e. The van der Waals surface area contributed by atoms with Crippen LogP contribution in [0.25, 0.3) is 17.7 Å². The second kappa shape index (κ2) is 11.6. The molecular weight excluding hydrogens is 438 g/mol. The Labute approximate surface area is 198 Å². The number of hydrogen-bond acceptors (Lipinski definition) is 5. The number of nitriles is 1. The summed E-state index contributed by atoms with van der Waals surface area (Å²) in [5.74, 6) is 1.06. The highest BCUT2D eigenvalue weighted by molar-refractivity contribution is 6.30. The van der Waals surface area contributed by atoms with Gasteiger partial charge in [0.05, 0.1) is 25.4 Å². The highest BCUT2D eigenvalue weighted by Crippen LogP contribution is 2.28. The van der Waals surface area contributed by atoms with Gasteiger partial charge in [-0.3, -0.25) is 0 Å². The molecular formula is C27H22ClNO4. The molecule has 3 rings (SSSR count).